The fourth-order valence-electron chi connectivity index (χ4n) is 2.32. The van der Waals surface area contributed by atoms with Crippen LogP contribution in [0.15, 0.2) is 36.4 Å². The summed E-state index contributed by atoms with van der Waals surface area (Å²) in [6, 6.07) is 11.1. The van der Waals surface area contributed by atoms with Gasteiger partial charge in [0.25, 0.3) is 5.91 Å². The van der Waals surface area contributed by atoms with Crippen LogP contribution in [0.3, 0.4) is 0 Å². The van der Waals surface area contributed by atoms with Crippen molar-refractivity contribution in [3.63, 3.8) is 0 Å². The number of aryl methyl sites for hydroxylation is 1. The van der Waals surface area contributed by atoms with Crippen LogP contribution in [-0.4, -0.2) is 12.5 Å². The number of amides is 1. The maximum absolute atomic E-state index is 12.2. The third kappa shape index (κ3) is 2.32. The van der Waals surface area contributed by atoms with Crippen molar-refractivity contribution < 1.29 is 9.53 Å². The summed E-state index contributed by atoms with van der Waals surface area (Å²) >= 11 is 0. The molecule has 0 spiro atoms. The average Bonchev–Trinajstić information content (AvgIpc) is 2.89. The van der Waals surface area contributed by atoms with Gasteiger partial charge in [-0.3, -0.25) is 4.79 Å². The van der Waals surface area contributed by atoms with E-state index in [2.05, 4.69) is 5.32 Å². The first-order chi connectivity index (χ1) is 9.63. The molecule has 0 radical (unpaired) electrons. The van der Waals surface area contributed by atoms with E-state index in [0.717, 1.165) is 23.3 Å². The van der Waals surface area contributed by atoms with Crippen LogP contribution >= 0.6 is 0 Å². The van der Waals surface area contributed by atoms with Crippen molar-refractivity contribution in [2.45, 2.75) is 13.3 Å². The van der Waals surface area contributed by atoms with E-state index in [1.165, 1.54) is 0 Å². The van der Waals surface area contributed by atoms with Gasteiger partial charge in [-0.2, -0.15) is 0 Å². The Balaban J connectivity index is 1.82. The Morgan fingerprint density at radius 2 is 2.10 bits per heavy atom. The number of benzene rings is 2. The fourth-order valence-corrected chi connectivity index (χ4v) is 2.32. The minimum Gasteiger partial charge on any atom is -0.493 e. The second-order valence-corrected chi connectivity index (χ2v) is 4.97. The lowest BCUT2D eigenvalue weighted by Gasteiger charge is -2.09. The van der Waals surface area contributed by atoms with Gasteiger partial charge in [0.15, 0.2) is 0 Å². The van der Waals surface area contributed by atoms with Crippen LogP contribution in [-0.2, 0) is 6.42 Å². The Morgan fingerprint density at radius 1 is 1.25 bits per heavy atom. The first kappa shape index (κ1) is 12.5. The Bertz CT molecular complexity index is 680. The number of ether oxygens (including phenoxy) is 1. The van der Waals surface area contributed by atoms with Gasteiger partial charge in [0.1, 0.15) is 5.75 Å². The lowest BCUT2D eigenvalue weighted by atomic mass is 10.1. The largest absolute Gasteiger partial charge is 0.493 e. The molecule has 0 aliphatic carbocycles. The van der Waals surface area contributed by atoms with Crippen LogP contribution in [0.5, 0.6) is 5.75 Å². The van der Waals surface area contributed by atoms with E-state index in [1.54, 1.807) is 6.07 Å². The minimum atomic E-state index is -0.157. The highest BCUT2D eigenvalue weighted by Gasteiger charge is 2.15. The summed E-state index contributed by atoms with van der Waals surface area (Å²) in [6.45, 7) is 2.65. The second kappa shape index (κ2) is 4.89. The molecule has 0 unspecified atom stereocenters. The molecule has 4 nitrogen and oxygen atoms in total. The molecule has 1 aliphatic rings. The second-order valence-electron chi connectivity index (χ2n) is 4.97. The highest BCUT2D eigenvalue weighted by atomic mass is 16.5. The lowest BCUT2D eigenvalue weighted by Crippen LogP contribution is -2.13. The van der Waals surface area contributed by atoms with Crippen LogP contribution in [0.2, 0.25) is 0 Å². The van der Waals surface area contributed by atoms with Gasteiger partial charge in [0, 0.05) is 12.0 Å². The molecule has 0 saturated carbocycles. The van der Waals surface area contributed by atoms with Crippen molar-refractivity contribution >= 4 is 17.3 Å². The molecule has 0 fully saturated rings. The molecule has 4 heteroatoms. The molecule has 20 heavy (non-hydrogen) atoms. The molecule has 1 aliphatic heterocycles. The van der Waals surface area contributed by atoms with E-state index < -0.39 is 0 Å². The summed E-state index contributed by atoms with van der Waals surface area (Å²) in [5, 5.41) is 2.84. The van der Waals surface area contributed by atoms with Crippen LogP contribution in [0, 0.1) is 6.92 Å². The fraction of sp³-hybridized carbons (Fsp3) is 0.188. The third-order valence-corrected chi connectivity index (χ3v) is 3.41. The Kier molecular flexibility index (Phi) is 3.06. The van der Waals surface area contributed by atoms with Crippen molar-refractivity contribution in [3.05, 3.63) is 53.1 Å². The normalized spacial score (nSPS) is 12.7. The predicted octanol–water partition coefficient (Wildman–Crippen LogP) is 2.76. The minimum absolute atomic E-state index is 0.157. The number of carbonyl (C=O) groups is 1. The summed E-state index contributed by atoms with van der Waals surface area (Å²) in [4.78, 5) is 12.2. The van der Waals surface area contributed by atoms with Crippen molar-refractivity contribution in [1.82, 2.24) is 0 Å². The smallest absolute Gasteiger partial charge is 0.255 e. The molecule has 2 aromatic rings. The van der Waals surface area contributed by atoms with Crippen LogP contribution in [0.4, 0.5) is 11.4 Å². The zero-order chi connectivity index (χ0) is 14.1. The van der Waals surface area contributed by atoms with Gasteiger partial charge in [-0.25, -0.2) is 0 Å². The summed E-state index contributed by atoms with van der Waals surface area (Å²) in [5.74, 6) is 0.714. The number of carbonyl (C=O) groups excluding carboxylic acids is 1. The number of nitrogens with two attached hydrogens (primary N) is 1. The topological polar surface area (TPSA) is 64.3 Å². The van der Waals surface area contributed by atoms with Crippen molar-refractivity contribution in [2.75, 3.05) is 17.7 Å². The maximum Gasteiger partial charge on any atom is 0.255 e. The molecular weight excluding hydrogens is 252 g/mol. The average molecular weight is 268 g/mol. The number of fused-ring (bicyclic) bond motifs is 1. The number of hydrogen-bond donors (Lipinski definition) is 2. The molecule has 1 heterocycles. The van der Waals surface area contributed by atoms with E-state index in [4.69, 9.17) is 10.5 Å². The molecule has 2 aromatic carbocycles. The van der Waals surface area contributed by atoms with Gasteiger partial charge in [-0.1, -0.05) is 6.07 Å². The predicted molar refractivity (Wildman–Crippen MR) is 79.2 cm³/mol. The quantitative estimate of drug-likeness (QED) is 0.823. The van der Waals surface area contributed by atoms with E-state index in [0.29, 0.717) is 23.5 Å². The van der Waals surface area contributed by atoms with Crippen LogP contribution in [0.1, 0.15) is 21.5 Å². The van der Waals surface area contributed by atoms with Crippen molar-refractivity contribution in [3.8, 4) is 5.75 Å². The standard InChI is InChI=1S/C16H16N2O2/c1-10-2-4-14(13(17)8-10)18-16(19)12-3-5-15-11(9-12)6-7-20-15/h2-5,8-9H,6-7,17H2,1H3,(H,18,19). The van der Waals surface area contributed by atoms with E-state index >= 15 is 0 Å². The number of nitrogens with one attached hydrogen (secondary N) is 1. The molecule has 0 saturated heterocycles. The molecule has 0 bridgehead atoms. The van der Waals surface area contributed by atoms with Gasteiger partial charge in [0.2, 0.25) is 0 Å². The monoisotopic (exact) mass is 268 g/mol. The molecule has 3 N–H and O–H groups in total. The van der Waals surface area contributed by atoms with Crippen molar-refractivity contribution in [1.29, 1.82) is 0 Å². The van der Waals surface area contributed by atoms with Crippen molar-refractivity contribution in [2.24, 2.45) is 0 Å². The molecule has 102 valence electrons. The summed E-state index contributed by atoms with van der Waals surface area (Å²) in [7, 11) is 0. The van der Waals surface area contributed by atoms with E-state index in [-0.39, 0.29) is 5.91 Å². The van der Waals surface area contributed by atoms with Crippen LogP contribution in [0.25, 0.3) is 0 Å². The van der Waals surface area contributed by atoms with Gasteiger partial charge in [-0.15, -0.1) is 0 Å². The Labute approximate surface area is 117 Å². The summed E-state index contributed by atoms with van der Waals surface area (Å²) in [5.41, 5.74) is 9.87. The molecule has 1 amide bonds. The molecule has 3 rings (SSSR count). The van der Waals surface area contributed by atoms with E-state index in [1.807, 2.05) is 37.3 Å². The Morgan fingerprint density at radius 3 is 2.90 bits per heavy atom. The number of hydrogen-bond acceptors (Lipinski definition) is 3. The molecular formula is C16H16N2O2. The summed E-state index contributed by atoms with van der Waals surface area (Å²) < 4.78 is 5.43. The zero-order valence-electron chi connectivity index (χ0n) is 11.3. The summed E-state index contributed by atoms with van der Waals surface area (Å²) in [6.07, 6.45) is 0.850. The van der Waals surface area contributed by atoms with E-state index in [9.17, 15) is 4.79 Å². The highest BCUT2D eigenvalue weighted by Crippen LogP contribution is 2.26. The Hall–Kier alpha value is -2.49. The first-order valence-corrected chi connectivity index (χ1v) is 6.57. The van der Waals surface area contributed by atoms with Gasteiger partial charge >= 0.3 is 0 Å². The zero-order valence-corrected chi connectivity index (χ0v) is 11.3. The molecule has 0 aromatic heterocycles. The highest BCUT2D eigenvalue weighted by molar-refractivity contribution is 6.06. The van der Waals surface area contributed by atoms with Crippen LogP contribution < -0.4 is 15.8 Å². The number of nitrogen functional groups attached to an aromatic ring is 1. The number of rotatable bonds is 2. The maximum atomic E-state index is 12.2. The van der Waals surface area contributed by atoms with Gasteiger partial charge in [0.05, 0.1) is 18.0 Å². The van der Waals surface area contributed by atoms with Gasteiger partial charge < -0.3 is 15.8 Å². The van der Waals surface area contributed by atoms with Gasteiger partial charge in [-0.05, 0) is 48.4 Å². The molecule has 0 atom stereocenters. The SMILES string of the molecule is Cc1ccc(NC(=O)c2ccc3c(c2)CCO3)c(N)c1. The third-order valence-electron chi connectivity index (χ3n) is 3.41. The first-order valence-electron chi connectivity index (χ1n) is 6.57. The number of anilines is 2. The lowest BCUT2D eigenvalue weighted by molar-refractivity contribution is 0.102.